The van der Waals surface area contributed by atoms with Gasteiger partial charge in [-0.15, -0.1) is 0 Å². The Hall–Kier alpha value is -1.36. The van der Waals surface area contributed by atoms with Gasteiger partial charge in [0.15, 0.2) is 0 Å². The van der Waals surface area contributed by atoms with Crippen molar-refractivity contribution in [3.63, 3.8) is 0 Å². The number of hydrogen-bond donors (Lipinski definition) is 1. The molecule has 16 heavy (non-hydrogen) atoms. The van der Waals surface area contributed by atoms with Gasteiger partial charge in [-0.2, -0.15) is 0 Å². The molecule has 1 aromatic rings. The van der Waals surface area contributed by atoms with Crippen molar-refractivity contribution >= 4 is 0 Å². The van der Waals surface area contributed by atoms with E-state index in [9.17, 15) is 9.59 Å². The third-order valence-electron chi connectivity index (χ3n) is 2.85. The molecule has 1 fully saturated rings. The lowest BCUT2D eigenvalue weighted by Crippen LogP contribution is -2.28. The summed E-state index contributed by atoms with van der Waals surface area (Å²) in [5, 5.41) is 0. The zero-order valence-corrected chi connectivity index (χ0v) is 9.15. The normalized spacial score (nSPS) is 20.1. The van der Waals surface area contributed by atoms with E-state index < -0.39 is 0 Å². The van der Waals surface area contributed by atoms with Crippen LogP contribution in [0.4, 0.5) is 0 Å². The van der Waals surface area contributed by atoms with Crippen molar-refractivity contribution in [3.05, 3.63) is 33.1 Å². The van der Waals surface area contributed by atoms with Gasteiger partial charge in [0, 0.05) is 25.4 Å². The molecule has 5 nitrogen and oxygen atoms in total. The van der Waals surface area contributed by atoms with Crippen LogP contribution in [0, 0.1) is 0 Å². The Labute approximate surface area is 93.1 Å². The molecule has 0 aromatic carbocycles. The first-order valence-corrected chi connectivity index (χ1v) is 5.67. The molecule has 0 radical (unpaired) electrons. The van der Waals surface area contributed by atoms with Crippen molar-refractivity contribution in [1.29, 1.82) is 0 Å². The maximum absolute atomic E-state index is 11.3. The second-order valence-electron chi connectivity index (χ2n) is 4.08. The SMILES string of the molecule is O=c1ccn(CCCC2CCCO2)c(=O)[nH]1. The first-order chi connectivity index (χ1) is 7.75. The Kier molecular flexibility index (Phi) is 3.56. The lowest BCUT2D eigenvalue weighted by atomic mass is 10.1. The van der Waals surface area contributed by atoms with Gasteiger partial charge in [-0.3, -0.25) is 9.78 Å². The largest absolute Gasteiger partial charge is 0.378 e. The fraction of sp³-hybridized carbons (Fsp3) is 0.636. The number of rotatable bonds is 4. The molecule has 0 aliphatic carbocycles. The van der Waals surface area contributed by atoms with Gasteiger partial charge >= 0.3 is 5.69 Å². The Morgan fingerprint density at radius 1 is 1.50 bits per heavy atom. The molecule has 2 heterocycles. The summed E-state index contributed by atoms with van der Waals surface area (Å²) in [4.78, 5) is 24.4. The van der Waals surface area contributed by atoms with Crippen molar-refractivity contribution < 1.29 is 4.74 Å². The molecule has 1 N–H and O–H groups in total. The highest BCUT2D eigenvalue weighted by Crippen LogP contribution is 2.16. The zero-order chi connectivity index (χ0) is 11.4. The average molecular weight is 224 g/mol. The van der Waals surface area contributed by atoms with Gasteiger partial charge in [0.05, 0.1) is 6.10 Å². The van der Waals surface area contributed by atoms with Crippen molar-refractivity contribution in [2.24, 2.45) is 0 Å². The maximum atomic E-state index is 11.3. The van der Waals surface area contributed by atoms with E-state index in [0.717, 1.165) is 32.3 Å². The molecule has 0 bridgehead atoms. The number of H-pyrrole nitrogens is 1. The molecule has 1 aliphatic heterocycles. The van der Waals surface area contributed by atoms with Crippen LogP contribution in [0.15, 0.2) is 21.9 Å². The molecule has 5 heteroatoms. The monoisotopic (exact) mass is 224 g/mol. The van der Waals surface area contributed by atoms with E-state index in [1.165, 1.54) is 16.8 Å². The van der Waals surface area contributed by atoms with E-state index >= 15 is 0 Å². The average Bonchev–Trinajstić information content (AvgIpc) is 2.74. The zero-order valence-electron chi connectivity index (χ0n) is 9.15. The van der Waals surface area contributed by atoms with E-state index in [1.54, 1.807) is 0 Å². The van der Waals surface area contributed by atoms with Crippen molar-refractivity contribution in [2.45, 2.75) is 38.3 Å². The quantitative estimate of drug-likeness (QED) is 0.809. The Bertz CT molecular complexity index is 443. The highest BCUT2D eigenvalue weighted by molar-refractivity contribution is 4.82. The third kappa shape index (κ3) is 2.82. The number of aryl methyl sites for hydroxylation is 1. The first kappa shape index (κ1) is 11.1. The third-order valence-corrected chi connectivity index (χ3v) is 2.85. The van der Waals surface area contributed by atoms with Crippen molar-refractivity contribution in [1.82, 2.24) is 9.55 Å². The molecule has 1 aromatic heterocycles. The van der Waals surface area contributed by atoms with E-state index in [1.807, 2.05) is 0 Å². The molecular formula is C11H16N2O3. The molecule has 1 atom stereocenters. The van der Waals surface area contributed by atoms with Crippen molar-refractivity contribution in [2.75, 3.05) is 6.61 Å². The minimum Gasteiger partial charge on any atom is -0.378 e. The van der Waals surface area contributed by atoms with Gasteiger partial charge in [0.25, 0.3) is 5.56 Å². The number of hydrogen-bond acceptors (Lipinski definition) is 3. The fourth-order valence-electron chi connectivity index (χ4n) is 1.98. The van der Waals surface area contributed by atoms with E-state index in [4.69, 9.17) is 4.74 Å². The van der Waals surface area contributed by atoms with Crippen LogP contribution in [0.2, 0.25) is 0 Å². The van der Waals surface area contributed by atoms with Crippen LogP contribution in [0.1, 0.15) is 25.7 Å². The lowest BCUT2D eigenvalue weighted by molar-refractivity contribution is 0.101. The number of aromatic nitrogens is 2. The highest BCUT2D eigenvalue weighted by Gasteiger charge is 2.14. The maximum Gasteiger partial charge on any atom is 0.328 e. The summed E-state index contributed by atoms with van der Waals surface area (Å²) in [6.45, 7) is 1.50. The standard InChI is InChI=1S/C11H16N2O3/c14-10-5-7-13(11(15)12-10)6-1-3-9-4-2-8-16-9/h5,7,9H,1-4,6,8H2,(H,12,14,15). The molecule has 1 saturated heterocycles. The van der Waals surface area contributed by atoms with Gasteiger partial charge in [-0.1, -0.05) is 0 Å². The van der Waals surface area contributed by atoms with Crippen LogP contribution in [-0.2, 0) is 11.3 Å². The number of nitrogens with one attached hydrogen (secondary N) is 1. The van der Waals surface area contributed by atoms with E-state index in [0.29, 0.717) is 12.6 Å². The van der Waals surface area contributed by atoms with Gasteiger partial charge < -0.3 is 9.30 Å². The molecule has 0 amide bonds. The van der Waals surface area contributed by atoms with Crippen molar-refractivity contribution in [3.8, 4) is 0 Å². The minimum atomic E-state index is -0.347. The van der Waals surface area contributed by atoms with Crippen LogP contribution in [0.3, 0.4) is 0 Å². The number of nitrogens with zero attached hydrogens (tertiary/aromatic N) is 1. The summed E-state index contributed by atoms with van der Waals surface area (Å²) in [7, 11) is 0. The van der Waals surface area contributed by atoms with Crippen LogP contribution < -0.4 is 11.2 Å². The Morgan fingerprint density at radius 2 is 2.38 bits per heavy atom. The van der Waals surface area contributed by atoms with E-state index in [2.05, 4.69) is 4.98 Å². The predicted octanol–water partition coefficient (Wildman–Crippen LogP) is 0.496. The summed E-state index contributed by atoms with van der Waals surface area (Å²) < 4.78 is 7.02. The van der Waals surface area contributed by atoms with Gasteiger partial charge in [0.2, 0.25) is 0 Å². The number of ether oxygens (including phenoxy) is 1. The lowest BCUT2D eigenvalue weighted by Gasteiger charge is -2.09. The summed E-state index contributed by atoms with van der Waals surface area (Å²) in [6, 6.07) is 1.37. The summed E-state index contributed by atoms with van der Waals surface area (Å²) in [5.74, 6) is 0. The Balaban J connectivity index is 1.84. The second kappa shape index (κ2) is 5.12. The second-order valence-corrected chi connectivity index (χ2v) is 4.08. The van der Waals surface area contributed by atoms with E-state index in [-0.39, 0.29) is 11.2 Å². The summed E-state index contributed by atoms with van der Waals surface area (Å²) in [5.41, 5.74) is -0.680. The summed E-state index contributed by atoms with van der Waals surface area (Å²) in [6.07, 6.45) is 6.04. The first-order valence-electron chi connectivity index (χ1n) is 5.67. The predicted molar refractivity (Wildman–Crippen MR) is 59.5 cm³/mol. The Morgan fingerprint density at radius 3 is 3.06 bits per heavy atom. The topological polar surface area (TPSA) is 64.1 Å². The van der Waals surface area contributed by atoms with Gasteiger partial charge in [-0.25, -0.2) is 4.79 Å². The highest BCUT2D eigenvalue weighted by atomic mass is 16.5. The molecule has 0 saturated carbocycles. The molecule has 88 valence electrons. The van der Waals surface area contributed by atoms with Crippen LogP contribution >= 0.6 is 0 Å². The number of aromatic amines is 1. The van der Waals surface area contributed by atoms with Crippen LogP contribution in [0.5, 0.6) is 0 Å². The fourth-order valence-corrected chi connectivity index (χ4v) is 1.98. The van der Waals surface area contributed by atoms with Gasteiger partial charge in [0.1, 0.15) is 0 Å². The molecule has 1 aliphatic rings. The molecule has 1 unspecified atom stereocenters. The molecular weight excluding hydrogens is 208 g/mol. The smallest absolute Gasteiger partial charge is 0.328 e. The summed E-state index contributed by atoms with van der Waals surface area (Å²) >= 11 is 0. The van der Waals surface area contributed by atoms with Crippen LogP contribution in [-0.4, -0.2) is 22.3 Å². The van der Waals surface area contributed by atoms with Crippen LogP contribution in [0.25, 0.3) is 0 Å². The minimum absolute atomic E-state index is 0.333. The molecule has 2 rings (SSSR count). The molecule has 0 spiro atoms. The van der Waals surface area contributed by atoms with Gasteiger partial charge in [-0.05, 0) is 25.7 Å².